The molecule has 3 heteroatoms. The number of rotatable bonds is 2. The van der Waals surface area contributed by atoms with Crippen LogP contribution in [-0.4, -0.2) is 6.61 Å². The van der Waals surface area contributed by atoms with Crippen molar-refractivity contribution in [1.29, 1.82) is 0 Å². The van der Waals surface area contributed by atoms with Crippen molar-refractivity contribution in [2.24, 2.45) is 0 Å². The van der Waals surface area contributed by atoms with Gasteiger partial charge in [-0.1, -0.05) is 6.58 Å². The van der Waals surface area contributed by atoms with E-state index in [0.717, 1.165) is 0 Å². The lowest BCUT2D eigenvalue weighted by atomic mass is 10.6. The molecular weight excluding hydrogens is 132 g/mol. The molecule has 0 aliphatic carbocycles. The van der Waals surface area contributed by atoms with E-state index in [2.05, 4.69) is 6.58 Å². The van der Waals surface area contributed by atoms with E-state index < -0.39 is 0 Å². The molecule has 0 saturated heterocycles. The topological polar surface area (TPSA) is 27.7 Å². The lowest BCUT2D eigenvalue weighted by molar-refractivity contribution is 0.212. The second-order valence-electron chi connectivity index (χ2n) is 1.59. The van der Waals surface area contributed by atoms with Gasteiger partial charge in [0.05, 0.1) is 6.26 Å². The SMILES string of the molecule is C=COC1=COC=COC1. The molecule has 54 valence electrons. The standard InChI is InChI=1S/C7H8O3/c1-2-10-7-5-8-3-4-9-6-7/h2-5H,1,6H2. The van der Waals surface area contributed by atoms with E-state index in [0.29, 0.717) is 12.4 Å². The second-order valence-corrected chi connectivity index (χ2v) is 1.59. The molecule has 1 heterocycles. The Morgan fingerprint density at radius 2 is 2.50 bits per heavy atom. The van der Waals surface area contributed by atoms with Crippen molar-refractivity contribution in [3.05, 3.63) is 37.4 Å². The maximum atomic E-state index is 4.91. The normalized spacial score (nSPS) is 15.8. The van der Waals surface area contributed by atoms with Gasteiger partial charge in [0.15, 0.2) is 5.76 Å². The monoisotopic (exact) mass is 140 g/mol. The third kappa shape index (κ3) is 1.85. The summed E-state index contributed by atoms with van der Waals surface area (Å²) in [5.41, 5.74) is 0. The van der Waals surface area contributed by atoms with Crippen LogP contribution in [0.1, 0.15) is 0 Å². The van der Waals surface area contributed by atoms with Gasteiger partial charge in [0.2, 0.25) is 0 Å². The summed E-state index contributed by atoms with van der Waals surface area (Å²) in [5, 5.41) is 0. The van der Waals surface area contributed by atoms with Gasteiger partial charge in [-0.3, -0.25) is 0 Å². The van der Waals surface area contributed by atoms with Gasteiger partial charge < -0.3 is 14.2 Å². The summed E-state index contributed by atoms with van der Waals surface area (Å²) in [4.78, 5) is 0. The smallest absolute Gasteiger partial charge is 0.175 e. The zero-order chi connectivity index (χ0) is 7.23. The first-order valence-electron chi connectivity index (χ1n) is 2.82. The highest BCUT2D eigenvalue weighted by atomic mass is 16.6. The average molecular weight is 140 g/mol. The molecule has 1 rings (SSSR count). The van der Waals surface area contributed by atoms with Crippen LogP contribution in [0.5, 0.6) is 0 Å². The molecule has 0 spiro atoms. The van der Waals surface area contributed by atoms with Crippen molar-refractivity contribution < 1.29 is 14.2 Å². The summed E-state index contributed by atoms with van der Waals surface area (Å²) in [5.74, 6) is 0.597. The van der Waals surface area contributed by atoms with E-state index in [1.807, 2.05) is 0 Å². The van der Waals surface area contributed by atoms with Crippen LogP contribution >= 0.6 is 0 Å². The molecule has 0 unspecified atom stereocenters. The maximum absolute atomic E-state index is 4.91. The minimum Gasteiger partial charge on any atom is -0.490 e. The van der Waals surface area contributed by atoms with Crippen LogP contribution in [0.15, 0.2) is 37.4 Å². The average Bonchev–Trinajstić information content (AvgIpc) is 2.17. The van der Waals surface area contributed by atoms with Crippen molar-refractivity contribution in [2.75, 3.05) is 6.61 Å². The van der Waals surface area contributed by atoms with Crippen molar-refractivity contribution in [3.8, 4) is 0 Å². The van der Waals surface area contributed by atoms with Crippen LogP contribution < -0.4 is 0 Å². The zero-order valence-corrected chi connectivity index (χ0v) is 5.45. The lowest BCUT2D eigenvalue weighted by Crippen LogP contribution is -1.93. The first-order valence-corrected chi connectivity index (χ1v) is 2.82. The largest absolute Gasteiger partial charge is 0.490 e. The fourth-order valence-corrected chi connectivity index (χ4v) is 0.520. The minimum atomic E-state index is 0.377. The third-order valence-electron chi connectivity index (χ3n) is 0.890. The van der Waals surface area contributed by atoms with E-state index in [9.17, 15) is 0 Å². The highest BCUT2D eigenvalue weighted by Crippen LogP contribution is 2.03. The van der Waals surface area contributed by atoms with Gasteiger partial charge in [0, 0.05) is 0 Å². The predicted octanol–water partition coefficient (Wildman–Crippen LogP) is 1.51. The van der Waals surface area contributed by atoms with Crippen molar-refractivity contribution in [3.63, 3.8) is 0 Å². The van der Waals surface area contributed by atoms with Crippen LogP contribution in [0.2, 0.25) is 0 Å². The van der Waals surface area contributed by atoms with E-state index >= 15 is 0 Å². The fraction of sp³-hybridized carbons (Fsp3) is 0.143. The van der Waals surface area contributed by atoms with Crippen LogP contribution in [-0.2, 0) is 14.2 Å². The Balaban J connectivity index is 2.44. The van der Waals surface area contributed by atoms with E-state index in [-0.39, 0.29) is 0 Å². The highest BCUT2D eigenvalue weighted by Gasteiger charge is 1.98. The number of ether oxygens (including phenoxy) is 3. The Hall–Kier alpha value is -1.38. The molecule has 3 nitrogen and oxygen atoms in total. The summed E-state index contributed by atoms with van der Waals surface area (Å²) < 4.78 is 14.6. The first-order chi connectivity index (χ1) is 4.93. The van der Waals surface area contributed by atoms with Gasteiger partial charge in [0.25, 0.3) is 0 Å². The van der Waals surface area contributed by atoms with Gasteiger partial charge >= 0.3 is 0 Å². The van der Waals surface area contributed by atoms with Gasteiger partial charge in [0.1, 0.15) is 25.4 Å². The van der Waals surface area contributed by atoms with Crippen molar-refractivity contribution in [1.82, 2.24) is 0 Å². The summed E-state index contributed by atoms with van der Waals surface area (Å²) in [7, 11) is 0. The molecular formula is C7H8O3. The van der Waals surface area contributed by atoms with E-state index in [1.54, 1.807) is 0 Å². The molecule has 0 atom stereocenters. The molecule has 0 aromatic carbocycles. The Labute approximate surface area is 59.2 Å². The quantitative estimate of drug-likeness (QED) is 0.544. The molecule has 0 saturated carbocycles. The molecule has 0 amide bonds. The van der Waals surface area contributed by atoms with Crippen LogP contribution in [0, 0.1) is 0 Å². The summed E-state index contributed by atoms with van der Waals surface area (Å²) >= 11 is 0. The fourth-order valence-electron chi connectivity index (χ4n) is 0.520. The number of hydrogen-bond acceptors (Lipinski definition) is 3. The summed E-state index contributed by atoms with van der Waals surface area (Å²) in [6.45, 7) is 3.77. The third-order valence-corrected chi connectivity index (χ3v) is 0.890. The van der Waals surface area contributed by atoms with Gasteiger partial charge in [-0.15, -0.1) is 0 Å². The molecule has 0 aromatic heterocycles. The molecule has 0 N–H and O–H groups in total. The summed E-state index contributed by atoms with van der Waals surface area (Å²) in [6.07, 6.45) is 5.67. The first kappa shape index (κ1) is 6.74. The van der Waals surface area contributed by atoms with Crippen LogP contribution in [0.3, 0.4) is 0 Å². The molecule has 1 aliphatic rings. The van der Waals surface area contributed by atoms with E-state index in [4.69, 9.17) is 14.2 Å². The minimum absolute atomic E-state index is 0.377. The van der Waals surface area contributed by atoms with Gasteiger partial charge in [-0.05, 0) is 0 Å². The highest BCUT2D eigenvalue weighted by molar-refractivity contribution is 4.93. The van der Waals surface area contributed by atoms with Crippen molar-refractivity contribution in [2.45, 2.75) is 0 Å². The zero-order valence-electron chi connectivity index (χ0n) is 5.45. The molecule has 0 radical (unpaired) electrons. The predicted molar refractivity (Wildman–Crippen MR) is 35.5 cm³/mol. The summed E-state index contributed by atoms with van der Waals surface area (Å²) in [6, 6.07) is 0. The van der Waals surface area contributed by atoms with Crippen molar-refractivity contribution >= 4 is 0 Å². The Morgan fingerprint density at radius 1 is 1.60 bits per heavy atom. The van der Waals surface area contributed by atoms with Crippen LogP contribution in [0.4, 0.5) is 0 Å². The number of hydrogen-bond donors (Lipinski definition) is 0. The lowest BCUT2D eigenvalue weighted by Gasteiger charge is -2.00. The van der Waals surface area contributed by atoms with E-state index in [1.165, 1.54) is 25.0 Å². The molecule has 0 aromatic rings. The Bertz CT molecular complexity index is 170. The molecule has 10 heavy (non-hydrogen) atoms. The Kier molecular flexibility index (Phi) is 2.43. The van der Waals surface area contributed by atoms with Gasteiger partial charge in [-0.25, -0.2) is 0 Å². The second kappa shape index (κ2) is 3.61. The molecule has 0 bridgehead atoms. The molecule has 1 aliphatic heterocycles. The molecule has 0 fully saturated rings. The van der Waals surface area contributed by atoms with Gasteiger partial charge in [-0.2, -0.15) is 0 Å². The Morgan fingerprint density at radius 3 is 3.30 bits per heavy atom. The van der Waals surface area contributed by atoms with Crippen LogP contribution in [0.25, 0.3) is 0 Å². The maximum Gasteiger partial charge on any atom is 0.175 e.